The molecular weight excluding hydrogens is 332 g/mol. The van der Waals surface area contributed by atoms with Gasteiger partial charge in [-0.25, -0.2) is 4.98 Å². The molecule has 0 atom stereocenters. The Labute approximate surface area is 157 Å². The number of fused-ring (bicyclic) bond motifs is 6. The largest absolute Gasteiger partial charge is 0.457 e. The lowest BCUT2D eigenvalue weighted by atomic mass is 10.0. The lowest BCUT2D eigenvalue weighted by Gasteiger charge is -2.14. The van der Waals surface area contributed by atoms with Crippen molar-refractivity contribution in [1.29, 1.82) is 0 Å². The van der Waals surface area contributed by atoms with Crippen LogP contribution in [0.2, 0.25) is 0 Å². The molecule has 132 valence electrons. The van der Waals surface area contributed by atoms with E-state index in [0.717, 1.165) is 28.2 Å². The van der Waals surface area contributed by atoms with Gasteiger partial charge in [-0.2, -0.15) is 0 Å². The van der Waals surface area contributed by atoms with Crippen molar-refractivity contribution in [2.24, 2.45) is 0 Å². The van der Waals surface area contributed by atoms with E-state index in [4.69, 9.17) is 9.72 Å². The molecule has 5 aromatic rings. The van der Waals surface area contributed by atoms with Gasteiger partial charge in [0, 0.05) is 22.7 Å². The number of aromatic nitrogens is 2. The van der Waals surface area contributed by atoms with Gasteiger partial charge in [0.25, 0.3) is 0 Å². The van der Waals surface area contributed by atoms with E-state index in [9.17, 15) is 0 Å². The Morgan fingerprint density at radius 2 is 1.59 bits per heavy atom. The van der Waals surface area contributed by atoms with Crippen LogP contribution < -0.4 is 4.74 Å². The Kier molecular flexibility index (Phi) is 3.44. The van der Waals surface area contributed by atoms with Crippen molar-refractivity contribution in [1.82, 2.24) is 9.38 Å². The van der Waals surface area contributed by atoms with E-state index >= 15 is 0 Å². The molecule has 0 fully saturated rings. The molecule has 3 aromatic carbocycles. The molecule has 0 N–H and O–H groups in total. The van der Waals surface area contributed by atoms with Crippen molar-refractivity contribution in [3.05, 3.63) is 83.7 Å². The third kappa shape index (κ3) is 2.47. The fourth-order valence-corrected chi connectivity index (χ4v) is 4.00. The monoisotopic (exact) mass is 352 g/mol. The van der Waals surface area contributed by atoms with Crippen LogP contribution in [0.15, 0.2) is 66.9 Å². The molecule has 3 heteroatoms. The van der Waals surface area contributed by atoms with Crippen molar-refractivity contribution in [2.75, 3.05) is 0 Å². The van der Waals surface area contributed by atoms with Crippen LogP contribution in [0.5, 0.6) is 11.5 Å². The average Bonchev–Trinajstić information content (AvgIpc) is 3.04. The first kappa shape index (κ1) is 15.9. The van der Waals surface area contributed by atoms with Gasteiger partial charge in [0.2, 0.25) is 0 Å². The first-order valence-corrected chi connectivity index (χ1v) is 9.15. The maximum Gasteiger partial charge on any atom is 0.145 e. The SMILES string of the molecule is Cc1cc(C)c2c(c1)c1cc(Oc3ccccc3)ccc1c1ncc(C)n12. The van der Waals surface area contributed by atoms with Gasteiger partial charge < -0.3 is 4.74 Å². The smallest absolute Gasteiger partial charge is 0.145 e. The molecule has 3 nitrogen and oxygen atoms in total. The molecule has 0 aliphatic rings. The number of imidazole rings is 1. The van der Waals surface area contributed by atoms with Gasteiger partial charge in [-0.1, -0.05) is 29.8 Å². The first-order valence-electron chi connectivity index (χ1n) is 9.15. The summed E-state index contributed by atoms with van der Waals surface area (Å²) in [6.07, 6.45) is 1.95. The summed E-state index contributed by atoms with van der Waals surface area (Å²) in [6.45, 7) is 6.43. The molecule has 0 amide bonds. The van der Waals surface area contributed by atoms with Crippen LogP contribution in [-0.2, 0) is 0 Å². The number of benzene rings is 3. The van der Waals surface area contributed by atoms with Crippen LogP contribution in [-0.4, -0.2) is 9.38 Å². The molecule has 0 unspecified atom stereocenters. The predicted octanol–water partition coefficient (Wildman–Crippen LogP) is 6.36. The van der Waals surface area contributed by atoms with Crippen LogP contribution in [0, 0.1) is 20.8 Å². The van der Waals surface area contributed by atoms with Crippen molar-refractivity contribution < 1.29 is 4.74 Å². The van der Waals surface area contributed by atoms with Crippen molar-refractivity contribution >= 4 is 27.3 Å². The van der Waals surface area contributed by atoms with Gasteiger partial charge in [-0.15, -0.1) is 0 Å². The fraction of sp³-hybridized carbons (Fsp3) is 0.125. The van der Waals surface area contributed by atoms with Gasteiger partial charge in [-0.05, 0) is 68.1 Å². The molecule has 27 heavy (non-hydrogen) atoms. The van der Waals surface area contributed by atoms with Crippen molar-refractivity contribution in [3.63, 3.8) is 0 Å². The number of nitrogens with zero attached hydrogens (tertiary/aromatic N) is 2. The normalized spacial score (nSPS) is 11.5. The summed E-state index contributed by atoms with van der Waals surface area (Å²) in [5, 5.41) is 3.54. The highest BCUT2D eigenvalue weighted by Gasteiger charge is 2.14. The molecule has 0 aliphatic carbocycles. The first-order chi connectivity index (χ1) is 13.1. The van der Waals surface area contributed by atoms with Crippen LogP contribution in [0.1, 0.15) is 16.8 Å². The number of ether oxygens (including phenoxy) is 1. The van der Waals surface area contributed by atoms with Gasteiger partial charge in [0.05, 0.1) is 5.52 Å². The number of hydrogen-bond donors (Lipinski definition) is 0. The Morgan fingerprint density at radius 3 is 2.41 bits per heavy atom. The topological polar surface area (TPSA) is 26.5 Å². The zero-order chi connectivity index (χ0) is 18.5. The summed E-state index contributed by atoms with van der Waals surface area (Å²) in [5.41, 5.74) is 5.87. The summed E-state index contributed by atoms with van der Waals surface area (Å²) in [5.74, 6) is 1.67. The lowest BCUT2D eigenvalue weighted by molar-refractivity contribution is 0.483. The maximum absolute atomic E-state index is 6.09. The Hall–Kier alpha value is -3.33. The maximum atomic E-state index is 6.09. The summed E-state index contributed by atoms with van der Waals surface area (Å²) in [4.78, 5) is 4.70. The van der Waals surface area contributed by atoms with E-state index < -0.39 is 0 Å². The number of aryl methyl sites for hydroxylation is 3. The molecule has 0 spiro atoms. The summed E-state index contributed by atoms with van der Waals surface area (Å²) in [7, 11) is 0. The average molecular weight is 352 g/mol. The van der Waals surface area contributed by atoms with Gasteiger partial charge >= 0.3 is 0 Å². The fourth-order valence-electron chi connectivity index (χ4n) is 4.00. The van der Waals surface area contributed by atoms with E-state index in [1.807, 2.05) is 42.6 Å². The number of hydrogen-bond acceptors (Lipinski definition) is 2. The van der Waals surface area contributed by atoms with Gasteiger partial charge in [0.15, 0.2) is 0 Å². The summed E-state index contributed by atoms with van der Waals surface area (Å²) < 4.78 is 8.35. The molecule has 5 rings (SSSR count). The Balaban J connectivity index is 1.86. The third-order valence-corrected chi connectivity index (χ3v) is 5.11. The highest BCUT2D eigenvalue weighted by molar-refractivity contribution is 6.13. The summed E-state index contributed by atoms with van der Waals surface area (Å²) in [6, 6.07) is 20.7. The number of pyridine rings is 1. The predicted molar refractivity (Wildman–Crippen MR) is 111 cm³/mol. The minimum atomic E-state index is 0.835. The van der Waals surface area contributed by atoms with E-state index in [1.54, 1.807) is 0 Å². The second kappa shape index (κ2) is 5.85. The minimum Gasteiger partial charge on any atom is -0.457 e. The highest BCUT2D eigenvalue weighted by atomic mass is 16.5. The third-order valence-electron chi connectivity index (χ3n) is 5.11. The molecule has 0 saturated carbocycles. The minimum absolute atomic E-state index is 0.835. The molecule has 2 heterocycles. The molecule has 0 bridgehead atoms. The standard InChI is InChI=1S/C24H20N2O/c1-15-11-16(2)23-22(12-15)21-13-19(27-18-7-5-4-6-8-18)9-10-20(21)24-25-14-17(3)26(23)24/h4-14H,1-3H3. The number of para-hydroxylation sites is 1. The zero-order valence-corrected chi connectivity index (χ0v) is 15.7. The second-order valence-corrected chi connectivity index (χ2v) is 7.16. The van der Waals surface area contributed by atoms with E-state index in [1.165, 1.54) is 27.4 Å². The van der Waals surface area contributed by atoms with Crippen molar-refractivity contribution in [2.45, 2.75) is 20.8 Å². The lowest BCUT2D eigenvalue weighted by Crippen LogP contribution is -1.97. The zero-order valence-electron chi connectivity index (χ0n) is 15.7. The molecular formula is C24H20N2O. The quantitative estimate of drug-likeness (QED) is 0.346. The van der Waals surface area contributed by atoms with Crippen LogP contribution in [0.25, 0.3) is 27.3 Å². The van der Waals surface area contributed by atoms with E-state index in [-0.39, 0.29) is 0 Å². The molecule has 0 saturated heterocycles. The second-order valence-electron chi connectivity index (χ2n) is 7.16. The van der Waals surface area contributed by atoms with Crippen LogP contribution in [0.3, 0.4) is 0 Å². The highest BCUT2D eigenvalue weighted by Crippen LogP contribution is 2.35. The number of rotatable bonds is 2. The van der Waals surface area contributed by atoms with E-state index in [2.05, 4.69) is 49.4 Å². The van der Waals surface area contributed by atoms with E-state index in [0.29, 0.717) is 0 Å². The Bertz CT molecular complexity index is 1320. The molecule has 2 aromatic heterocycles. The van der Waals surface area contributed by atoms with Crippen LogP contribution >= 0.6 is 0 Å². The molecule has 0 radical (unpaired) electrons. The van der Waals surface area contributed by atoms with Crippen molar-refractivity contribution in [3.8, 4) is 11.5 Å². The summed E-state index contributed by atoms with van der Waals surface area (Å²) >= 11 is 0. The van der Waals surface area contributed by atoms with Crippen LogP contribution in [0.4, 0.5) is 0 Å². The Morgan fingerprint density at radius 1 is 0.778 bits per heavy atom. The molecule has 0 aliphatic heterocycles. The van der Waals surface area contributed by atoms with Gasteiger partial charge in [0.1, 0.15) is 17.1 Å². The van der Waals surface area contributed by atoms with Gasteiger partial charge in [-0.3, -0.25) is 4.40 Å².